The third kappa shape index (κ3) is 4.59. The van der Waals surface area contributed by atoms with Gasteiger partial charge in [0.1, 0.15) is 0 Å². The zero-order valence-corrected chi connectivity index (χ0v) is 10.1. The van der Waals surface area contributed by atoms with E-state index < -0.39 is 6.04 Å². The summed E-state index contributed by atoms with van der Waals surface area (Å²) >= 11 is 1.68. The Kier molecular flexibility index (Phi) is 5.82. The summed E-state index contributed by atoms with van der Waals surface area (Å²) in [5.74, 6) is 0.631. The average molecular weight is 236 g/mol. The Labute approximate surface area is 100 Å². The van der Waals surface area contributed by atoms with Crippen molar-refractivity contribution < 1.29 is 4.79 Å². The van der Waals surface area contributed by atoms with E-state index in [1.54, 1.807) is 18.0 Å². The molecule has 1 aromatic carbocycles. The first-order valence-corrected chi connectivity index (χ1v) is 6.51. The molecule has 16 heavy (non-hydrogen) atoms. The number of benzene rings is 1. The second kappa shape index (κ2) is 7.19. The summed E-state index contributed by atoms with van der Waals surface area (Å²) in [7, 11) is 0. The molecule has 0 spiro atoms. The minimum absolute atomic E-state index is 0.252. The Bertz CT molecular complexity index is 351. The van der Waals surface area contributed by atoms with Crippen LogP contribution in [0.25, 0.3) is 0 Å². The van der Waals surface area contributed by atoms with Crippen LogP contribution in [0, 0.1) is 0 Å². The summed E-state index contributed by atoms with van der Waals surface area (Å²) in [6.45, 7) is 0. The highest BCUT2D eigenvalue weighted by Crippen LogP contribution is 2.00. The van der Waals surface area contributed by atoms with Gasteiger partial charge in [0, 0.05) is 6.21 Å². The number of amides is 1. The van der Waals surface area contributed by atoms with Crippen molar-refractivity contribution in [3.8, 4) is 0 Å². The van der Waals surface area contributed by atoms with Gasteiger partial charge in [-0.05, 0) is 24.0 Å². The van der Waals surface area contributed by atoms with Crippen molar-refractivity contribution >= 4 is 23.9 Å². The van der Waals surface area contributed by atoms with Gasteiger partial charge in [-0.2, -0.15) is 11.8 Å². The molecule has 0 radical (unpaired) electrons. The molecule has 86 valence electrons. The molecule has 0 bridgehead atoms. The summed E-state index contributed by atoms with van der Waals surface area (Å²) in [5, 5.41) is 0. The van der Waals surface area contributed by atoms with Gasteiger partial charge < -0.3 is 5.73 Å². The highest BCUT2D eigenvalue weighted by molar-refractivity contribution is 7.98. The quantitative estimate of drug-likeness (QED) is 0.792. The van der Waals surface area contributed by atoms with Crippen molar-refractivity contribution in [2.45, 2.75) is 12.5 Å². The Morgan fingerprint density at radius 3 is 2.81 bits per heavy atom. The van der Waals surface area contributed by atoms with E-state index in [4.69, 9.17) is 5.73 Å². The summed E-state index contributed by atoms with van der Waals surface area (Å²) in [6.07, 6.45) is 4.22. The van der Waals surface area contributed by atoms with Gasteiger partial charge in [-0.1, -0.05) is 30.3 Å². The number of thioether (sulfide) groups is 1. The SMILES string of the molecule is CSCCC(N)C(=O)N=Cc1ccccc1. The summed E-state index contributed by atoms with van der Waals surface area (Å²) in [5.41, 5.74) is 6.60. The number of carbonyl (C=O) groups excluding carboxylic acids is 1. The van der Waals surface area contributed by atoms with Crippen molar-refractivity contribution in [1.29, 1.82) is 0 Å². The molecule has 3 nitrogen and oxygen atoms in total. The van der Waals surface area contributed by atoms with Gasteiger partial charge >= 0.3 is 0 Å². The average Bonchev–Trinajstić information content (AvgIpc) is 2.34. The standard InChI is InChI=1S/C12H16N2OS/c1-16-8-7-11(13)12(15)14-9-10-5-3-2-4-6-10/h2-6,9,11H,7-8,13H2,1H3. The van der Waals surface area contributed by atoms with Gasteiger partial charge in [-0.25, -0.2) is 4.99 Å². The second-order valence-electron chi connectivity index (χ2n) is 3.40. The highest BCUT2D eigenvalue weighted by Gasteiger charge is 2.10. The molecule has 4 heteroatoms. The Morgan fingerprint density at radius 2 is 2.19 bits per heavy atom. The smallest absolute Gasteiger partial charge is 0.262 e. The number of hydrogen-bond acceptors (Lipinski definition) is 3. The molecule has 1 unspecified atom stereocenters. The van der Waals surface area contributed by atoms with Crippen LogP contribution in [-0.4, -0.2) is 30.2 Å². The van der Waals surface area contributed by atoms with Crippen LogP contribution >= 0.6 is 11.8 Å². The van der Waals surface area contributed by atoms with E-state index in [9.17, 15) is 4.79 Å². The third-order valence-electron chi connectivity index (χ3n) is 2.09. The van der Waals surface area contributed by atoms with E-state index in [0.29, 0.717) is 6.42 Å². The maximum atomic E-state index is 11.5. The summed E-state index contributed by atoms with van der Waals surface area (Å²) in [4.78, 5) is 15.3. The van der Waals surface area contributed by atoms with Crippen LogP contribution in [0.3, 0.4) is 0 Å². The fraction of sp³-hybridized carbons (Fsp3) is 0.333. The first kappa shape index (κ1) is 12.9. The van der Waals surface area contributed by atoms with Crippen LogP contribution in [0.4, 0.5) is 0 Å². The van der Waals surface area contributed by atoms with Crippen molar-refractivity contribution in [2.75, 3.05) is 12.0 Å². The predicted octanol–water partition coefficient (Wildman–Crippen LogP) is 1.71. The van der Waals surface area contributed by atoms with Crippen LogP contribution in [0.15, 0.2) is 35.3 Å². The maximum Gasteiger partial charge on any atom is 0.262 e. The van der Waals surface area contributed by atoms with E-state index in [0.717, 1.165) is 11.3 Å². The molecule has 1 rings (SSSR count). The van der Waals surface area contributed by atoms with Crippen molar-refractivity contribution in [2.24, 2.45) is 10.7 Å². The summed E-state index contributed by atoms with van der Waals surface area (Å²) < 4.78 is 0. The zero-order chi connectivity index (χ0) is 11.8. The van der Waals surface area contributed by atoms with Crippen LogP contribution in [-0.2, 0) is 4.79 Å². The second-order valence-corrected chi connectivity index (χ2v) is 4.38. The van der Waals surface area contributed by atoms with Crippen LogP contribution in [0.5, 0.6) is 0 Å². The fourth-order valence-corrected chi connectivity index (χ4v) is 1.63. The molecule has 1 atom stereocenters. The molecule has 0 saturated carbocycles. The number of hydrogen-bond donors (Lipinski definition) is 1. The molecule has 0 saturated heterocycles. The molecule has 0 aliphatic heterocycles. The van der Waals surface area contributed by atoms with E-state index in [1.165, 1.54) is 0 Å². The van der Waals surface area contributed by atoms with E-state index in [-0.39, 0.29) is 5.91 Å². The van der Waals surface area contributed by atoms with Gasteiger partial charge in [-0.3, -0.25) is 4.79 Å². The van der Waals surface area contributed by atoms with Gasteiger partial charge in [0.05, 0.1) is 6.04 Å². The molecule has 1 aromatic rings. The molecule has 0 heterocycles. The van der Waals surface area contributed by atoms with Gasteiger partial charge in [0.25, 0.3) is 5.91 Å². The molecule has 0 aliphatic carbocycles. The van der Waals surface area contributed by atoms with E-state index >= 15 is 0 Å². The number of nitrogens with two attached hydrogens (primary N) is 1. The number of aliphatic imine (C=N–C) groups is 1. The molecule has 2 N–H and O–H groups in total. The zero-order valence-electron chi connectivity index (χ0n) is 9.30. The topological polar surface area (TPSA) is 55.5 Å². The van der Waals surface area contributed by atoms with Gasteiger partial charge in [0.15, 0.2) is 0 Å². The summed E-state index contributed by atoms with van der Waals surface area (Å²) in [6, 6.07) is 9.03. The van der Waals surface area contributed by atoms with Gasteiger partial charge in [-0.15, -0.1) is 0 Å². The fourth-order valence-electron chi connectivity index (χ4n) is 1.14. The predicted molar refractivity (Wildman–Crippen MR) is 70.0 cm³/mol. The Balaban J connectivity index is 2.48. The lowest BCUT2D eigenvalue weighted by molar-refractivity contribution is -0.118. The molecule has 1 amide bonds. The number of nitrogens with zero attached hydrogens (tertiary/aromatic N) is 1. The van der Waals surface area contributed by atoms with Crippen LogP contribution in [0.1, 0.15) is 12.0 Å². The maximum absolute atomic E-state index is 11.5. The normalized spacial score (nSPS) is 12.9. The molecule has 0 aliphatic rings. The Morgan fingerprint density at radius 1 is 1.50 bits per heavy atom. The molecular weight excluding hydrogens is 220 g/mol. The largest absolute Gasteiger partial charge is 0.320 e. The lowest BCUT2D eigenvalue weighted by Gasteiger charge is -2.04. The first-order valence-electron chi connectivity index (χ1n) is 5.11. The van der Waals surface area contributed by atoms with Crippen molar-refractivity contribution in [3.63, 3.8) is 0 Å². The Hall–Kier alpha value is -1.13. The van der Waals surface area contributed by atoms with Crippen LogP contribution < -0.4 is 5.73 Å². The van der Waals surface area contributed by atoms with Crippen molar-refractivity contribution in [1.82, 2.24) is 0 Å². The number of rotatable bonds is 5. The molecule has 0 aromatic heterocycles. The first-order chi connectivity index (χ1) is 7.74. The monoisotopic (exact) mass is 236 g/mol. The van der Waals surface area contributed by atoms with Gasteiger partial charge in [0.2, 0.25) is 0 Å². The number of carbonyl (C=O) groups is 1. The third-order valence-corrected chi connectivity index (χ3v) is 2.73. The minimum atomic E-state index is -0.479. The van der Waals surface area contributed by atoms with E-state index in [1.807, 2.05) is 36.6 Å². The highest BCUT2D eigenvalue weighted by atomic mass is 32.2. The van der Waals surface area contributed by atoms with Crippen molar-refractivity contribution in [3.05, 3.63) is 35.9 Å². The van der Waals surface area contributed by atoms with Crippen LogP contribution in [0.2, 0.25) is 0 Å². The minimum Gasteiger partial charge on any atom is -0.320 e. The molecule has 0 fully saturated rings. The lowest BCUT2D eigenvalue weighted by atomic mass is 10.2. The molecular formula is C12H16N2OS. The lowest BCUT2D eigenvalue weighted by Crippen LogP contribution is -2.29. The van der Waals surface area contributed by atoms with E-state index in [2.05, 4.69) is 4.99 Å².